The van der Waals surface area contributed by atoms with E-state index in [1.165, 1.54) is 60.7 Å². The summed E-state index contributed by atoms with van der Waals surface area (Å²) < 4.78 is 49.4. The van der Waals surface area contributed by atoms with Crippen LogP contribution in [0.4, 0.5) is 0 Å². The Morgan fingerprint density at radius 1 is 0.459 bits per heavy atom. The van der Waals surface area contributed by atoms with E-state index >= 15 is 0 Å². The fourth-order valence-corrected chi connectivity index (χ4v) is 10.5. The Morgan fingerprint density at radius 3 is 1.32 bits per heavy atom. The predicted molar refractivity (Wildman–Crippen MR) is 256 cm³/mol. The number of benzene rings is 5. The van der Waals surface area contributed by atoms with Gasteiger partial charge in [-0.05, 0) is 60.7 Å². The molecule has 9 rings (SSSR count). The molecule has 2 saturated heterocycles. The lowest BCUT2D eigenvalue weighted by atomic mass is 9.94. The van der Waals surface area contributed by atoms with Gasteiger partial charge in [0, 0.05) is 25.7 Å². The molecule has 380 valence electrons. The fourth-order valence-electron chi connectivity index (χ4n) is 9.28. The summed E-state index contributed by atoms with van der Waals surface area (Å²) >= 11 is 1.05. The first-order valence-electron chi connectivity index (χ1n) is 23.3. The minimum atomic E-state index is -1.86. The summed E-state index contributed by atoms with van der Waals surface area (Å²) in [5.74, 6) is -7.70. The molecule has 20 heteroatoms. The average Bonchev–Trinajstić information content (AvgIpc) is 3.80. The van der Waals surface area contributed by atoms with E-state index in [0.717, 1.165) is 42.3 Å². The summed E-state index contributed by atoms with van der Waals surface area (Å²) in [6.07, 6.45) is -11.8. The van der Waals surface area contributed by atoms with Crippen LogP contribution < -0.4 is 0 Å². The lowest BCUT2D eigenvalue weighted by molar-refractivity contribution is -0.296. The van der Waals surface area contributed by atoms with Gasteiger partial charge in [-0.25, -0.2) is 9.59 Å². The second kappa shape index (κ2) is 22.0. The van der Waals surface area contributed by atoms with Crippen molar-refractivity contribution in [2.24, 2.45) is 0 Å². The molecule has 5 aromatic rings. The molecular formula is C54H46N2O17S. The molecule has 0 spiro atoms. The first-order valence-corrected chi connectivity index (χ1v) is 24.2. The Labute approximate surface area is 426 Å². The van der Waals surface area contributed by atoms with Crippen molar-refractivity contribution < 1.29 is 81.0 Å². The molecule has 10 atom stereocenters. The largest absolute Gasteiger partial charge is 0.463 e. The number of esters is 5. The molecular weight excluding hydrogens is 981 g/mol. The van der Waals surface area contributed by atoms with Crippen LogP contribution in [-0.2, 0) is 52.3 Å². The van der Waals surface area contributed by atoms with Gasteiger partial charge < -0.3 is 37.9 Å². The summed E-state index contributed by atoms with van der Waals surface area (Å²) in [5, 5.41) is 0. The van der Waals surface area contributed by atoms with Gasteiger partial charge in [-0.3, -0.25) is 43.4 Å². The minimum absolute atomic E-state index is 0.0181. The maximum absolute atomic E-state index is 14.6. The number of carbonyl (C=O) groups is 9. The molecule has 0 aliphatic carbocycles. The van der Waals surface area contributed by atoms with Crippen molar-refractivity contribution in [3.8, 4) is 0 Å². The van der Waals surface area contributed by atoms with Crippen LogP contribution in [-0.4, -0.2) is 137 Å². The number of rotatable bonds is 15. The first kappa shape index (κ1) is 50.9. The van der Waals surface area contributed by atoms with Gasteiger partial charge in [0.15, 0.2) is 30.7 Å². The normalized spacial score (nSPS) is 25.1. The summed E-state index contributed by atoms with van der Waals surface area (Å²) in [7, 11) is 0. The van der Waals surface area contributed by atoms with Crippen molar-refractivity contribution in [3.05, 3.63) is 173 Å². The number of hydrogen-bond donors (Lipinski definition) is 0. The number of imide groups is 2. The van der Waals surface area contributed by atoms with Crippen molar-refractivity contribution in [2.75, 3.05) is 13.2 Å². The summed E-state index contributed by atoms with van der Waals surface area (Å²) in [5.41, 5.74) is -1.15. The van der Waals surface area contributed by atoms with Crippen molar-refractivity contribution >= 4 is 65.2 Å². The molecule has 19 nitrogen and oxygen atoms in total. The van der Waals surface area contributed by atoms with E-state index in [4.69, 9.17) is 37.9 Å². The number of amides is 4. The Hall–Kier alpha value is -8.04. The maximum atomic E-state index is 14.6. The molecule has 4 aliphatic rings. The van der Waals surface area contributed by atoms with Gasteiger partial charge in [-0.15, -0.1) is 0 Å². The highest BCUT2D eigenvalue weighted by molar-refractivity contribution is 7.99. The molecule has 5 aromatic carbocycles. The summed E-state index contributed by atoms with van der Waals surface area (Å²) in [6.45, 7) is 1.87. The Kier molecular flexibility index (Phi) is 15.1. The van der Waals surface area contributed by atoms with E-state index in [0.29, 0.717) is 4.90 Å². The molecule has 4 amide bonds. The van der Waals surface area contributed by atoms with Crippen molar-refractivity contribution in [1.29, 1.82) is 0 Å². The van der Waals surface area contributed by atoms with Crippen LogP contribution in [0.25, 0.3) is 0 Å². The molecule has 74 heavy (non-hydrogen) atoms. The summed E-state index contributed by atoms with van der Waals surface area (Å²) in [6, 6.07) is 33.1. The number of hydrogen-bond acceptors (Lipinski definition) is 18. The molecule has 2 fully saturated rings. The van der Waals surface area contributed by atoms with Gasteiger partial charge in [-0.1, -0.05) is 90.6 Å². The number of fused-ring (bicyclic) bond motifs is 2. The third-order valence-electron chi connectivity index (χ3n) is 12.5. The van der Waals surface area contributed by atoms with Crippen LogP contribution in [0.15, 0.2) is 144 Å². The van der Waals surface area contributed by atoms with E-state index in [1.54, 1.807) is 78.9 Å². The minimum Gasteiger partial charge on any atom is -0.463 e. The molecule has 0 N–H and O–H groups in total. The van der Waals surface area contributed by atoms with Gasteiger partial charge in [0.1, 0.15) is 36.3 Å². The number of thioether (sulfide) groups is 1. The number of nitrogens with zero attached hydrogens (tertiary/aromatic N) is 2. The van der Waals surface area contributed by atoms with Crippen LogP contribution in [0.1, 0.15) is 82.9 Å². The highest BCUT2D eigenvalue weighted by Gasteiger charge is 2.60. The second-order valence-corrected chi connectivity index (χ2v) is 18.5. The smallest absolute Gasteiger partial charge is 0.338 e. The second-order valence-electron chi connectivity index (χ2n) is 17.3. The van der Waals surface area contributed by atoms with Crippen molar-refractivity contribution in [2.45, 2.75) is 86.1 Å². The van der Waals surface area contributed by atoms with Gasteiger partial charge in [0.2, 0.25) is 0 Å². The third kappa shape index (κ3) is 10.4. The Bertz CT molecular complexity index is 2920. The van der Waals surface area contributed by atoms with Crippen LogP contribution in [0, 0.1) is 0 Å². The monoisotopic (exact) mass is 1030 g/mol. The summed E-state index contributed by atoms with van der Waals surface area (Å²) in [4.78, 5) is 127. The number of ether oxygens (including phenoxy) is 8. The molecule has 0 radical (unpaired) electrons. The maximum Gasteiger partial charge on any atom is 0.338 e. The molecule has 0 aromatic heterocycles. The predicted octanol–water partition coefficient (Wildman–Crippen LogP) is 5.45. The lowest BCUT2D eigenvalue weighted by Crippen LogP contribution is -2.69. The van der Waals surface area contributed by atoms with Crippen LogP contribution in [0.5, 0.6) is 0 Å². The SMILES string of the molecule is CC(=O)OC[C@H]1O[C@@H](OC[C@H]2O[C@@H](Sc3ccccc3)[C@H](N3C(=O)c4ccccc4C3=O)[C@@H](OC(=O)c3ccccc3)[C@@H]2OC(=O)c2ccccc2)[C@H](N2C(=O)c3ccccc3C2=O)[C@@H](OC(C)=O)[C@@H]1OC(C)=O. The van der Waals surface area contributed by atoms with E-state index < -0.39 is 127 Å². The van der Waals surface area contributed by atoms with E-state index in [-0.39, 0.29) is 33.4 Å². The number of carbonyl (C=O) groups excluding carboxylic acids is 9. The Balaban J connectivity index is 1.18. The zero-order chi connectivity index (χ0) is 52.2. The van der Waals surface area contributed by atoms with Gasteiger partial charge >= 0.3 is 29.8 Å². The van der Waals surface area contributed by atoms with E-state index in [2.05, 4.69) is 0 Å². The zero-order valence-corrected chi connectivity index (χ0v) is 40.5. The van der Waals surface area contributed by atoms with Crippen molar-refractivity contribution in [1.82, 2.24) is 9.80 Å². The van der Waals surface area contributed by atoms with Gasteiger partial charge in [0.25, 0.3) is 23.6 Å². The molecule has 0 bridgehead atoms. The van der Waals surface area contributed by atoms with E-state index in [9.17, 15) is 43.2 Å². The van der Waals surface area contributed by atoms with E-state index in [1.807, 2.05) is 0 Å². The third-order valence-corrected chi connectivity index (χ3v) is 13.6. The topological polar surface area (TPSA) is 234 Å². The van der Waals surface area contributed by atoms with Crippen LogP contribution >= 0.6 is 11.8 Å². The van der Waals surface area contributed by atoms with Crippen LogP contribution in [0.3, 0.4) is 0 Å². The molecule has 4 aliphatic heterocycles. The fraction of sp³-hybridized carbons (Fsp3) is 0.278. The molecule has 4 heterocycles. The van der Waals surface area contributed by atoms with Crippen LogP contribution in [0.2, 0.25) is 0 Å². The molecule has 0 unspecified atom stereocenters. The standard InChI is InChI=1S/C54H46N2O17S/c1-29(57)66-27-39-43(68-30(2)58)45(69-31(3)59)41(55-47(60)35-23-13-14-24-36(35)48(55)61)53(70-39)67-28-40-44(72-51(64)32-17-7-4-8-18-32)46(73-52(65)33-19-9-5-10-20-33)42(54(71-40)74-34-21-11-6-12-22-34)56-49(62)37-25-15-16-26-38(37)50(56)63/h4-26,39-46,53-54H,27-28H2,1-3H3/t39-,40-,41-,42-,43-,44-,45-,46-,53-,54+/m1/s1. The average molecular weight is 1030 g/mol. The molecule has 0 saturated carbocycles. The van der Waals surface area contributed by atoms with Gasteiger partial charge in [-0.2, -0.15) is 0 Å². The van der Waals surface area contributed by atoms with Gasteiger partial charge in [0.05, 0.1) is 40.0 Å². The Morgan fingerprint density at radius 2 is 0.851 bits per heavy atom. The highest BCUT2D eigenvalue weighted by Crippen LogP contribution is 2.43. The zero-order valence-electron chi connectivity index (χ0n) is 39.7. The quantitative estimate of drug-likeness (QED) is 0.0720. The first-order chi connectivity index (χ1) is 35.7. The van der Waals surface area contributed by atoms with Crippen molar-refractivity contribution in [3.63, 3.8) is 0 Å². The highest BCUT2D eigenvalue weighted by atomic mass is 32.2. The lowest BCUT2D eigenvalue weighted by Gasteiger charge is -2.49.